The van der Waals surface area contributed by atoms with Crippen LogP contribution < -0.4 is 9.80 Å². The zero-order valence-corrected chi connectivity index (χ0v) is 15.0. The van der Waals surface area contributed by atoms with E-state index in [2.05, 4.69) is 24.9 Å². The molecule has 2 aromatic rings. The Balaban J connectivity index is 1.12. The van der Waals surface area contributed by atoms with Crippen molar-refractivity contribution in [3.8, 4) is 0 Å². The molecule has 2 saturated heterocycles. The molecule has 2 aliphatic heterocycles. The Morgan fingerprint density at radius 3 is 2.32 bits per heavy atom. The smallest absolute Gasteiger partial charge is 0.208 e. The molecule has 0 N–H and O–H groups in total. The van der Waals surface area contributed by atoms with E-state index in [1.54, 1.807) is 23.5 Å². The molecule has 0 unspecified atom stereocenters. The van der Waals surface area contributed by atoms with E-state index in [4.69, 9.17) is 0 Å². The molecule has 1 aliphatic carbocycles. The average Bonchev–Trinajstić information content (AvgIpc) is 3.34. The van der Waals surface area contributed by atoms with E-state index in [9.17, 15) is 4.39 Å². The highest BCUT2D eigenvalue weighted by atomic mass is 32.1. The SMILES string of the molecule is Fc1ccc(N2CCN(C3CN(c4nnc(C5CC5)s4)C3)CC2)cc1. The van der Waals surface area contributed by atoms with Crippen molar-refractivity contribution < 1.29 is 4.39 Å². The molecule has 0 atom stereocenters. The molecule has 0 bridgehead atoms. The number of hydrogen-bond acceptors (Lipinski definition) is 6. The first-order chi connectivity index (χ1) is 12.3. The summed E-state index contributed by atoms with van der Waals surface area (Å²) in [6.07, 6.45) is 2.57. The van der Waals surface area contributed by atoms with Crippen molar-refractivity contribution in [3.05, 3.63) is 35.1 Å². The fraction of sp³-hybridized carbons (Fsp3) is 0.556. The first kappa shape index (κ1) is 15.5. The lowest BCUT2D eigenvalue weighted by Gasteiger charge is -2.48. The Morgan fingerprint density at radius 2 is 1.64 bits per heavy atom. The molecule has 7 heteroatoms. The number of nitrogens with zero attached hydrogens (tertiary/aromatic N) is 5. The summed E-state index contributed by atoms with van der Waals surface area (Å²) in [6.45, 7) is 6.28. The maximum atomic E-state index is 13.1. The molecule has 3 aliphatic rings. The van der Waals surface area contributed by atoms with Crippen molar-refractivity contribution in [1.29, 1.82) is 0 Å². The van der Waals surface area contributed by atoms with E-state index < -0.39 is 0 Å². The van der Waals surface area contributed by atoms with Gasteiger partial charge in [-0.25, -0.2) is 4.39 Å². The number of benzene rings is 1. The Kier molecular flexibility index (Phi) is 3.86. The van der Waals surface area contributed by atoms with Crippen molar-refractivity contribution in [2.45, 2.75) is 24.8 Å². The fourth-order valence-electron chi connectivity index (χ4n) is 3.69. The first-order valence-corrected chi connectivity index (χ1v) is 9.91. The third kappa shape index (κ3) is 3.11. The summed E-state index contributed by atoms with van der Waals surface area (Å²) in [5.74, 6) is 0.529. The average molecular weight is 359 g/mol. The summed E-state index contributed by atoms with van der Waals surface area (Å²) in [5.41, 5.74) is 1.12. The van der Waals surface area contributed by atoms with Crippen LogP contribution in [0.4, 0.5) is 15.2 Å². The van der Waals surface area contributed by atoms with Crippen LogP contribution in [0, 0.1) is 5.82 Å². The minimum absolute atomic E-state index is 0.168. The van der Waals surface area contributed by atoms with Crippen LogP contribution in [-0.2, 0) is 0 Å². The van der Waals surface area contributed by atoms with Crippen LogP contribution in [0.3, 0.4) is 0 Å². The first-order valence-electron chi connectivity index (χ1n) is 9.09. The topological polar surface area (TPSA) is 35.5 Å². The van der Waals surface area contributed by atoms with Gasteiger partial charge in [-0.15, -0.1) is 10.2 Å². The second-order valence-electron chi connectivity index (χ2n) is 7.26. The predicted octanol–water partition coefficient (Wildman–Crippen LogP) is 2.57. The van der Waals surface area contributed by atoms with Gasteiger partial charge in [-0.3, -0.25) is 4.90 Å². The van der Waals surface area contributed by atoms with Crippen LogP contribution in [0.5, 0.6) is 0 Å². The minimum Gasteiger partial charge on any atom is -0.369 e. The number of aromatic nitrogens is 2. The molecular formula is C18H22FN5S. The molecule has 1 saturated carbocycles. The number of anilines is 2. The summed E-state index contributed by atoms with van der Waals surface area (Å²) in [7, 11) is 0. The second-order valence-corrected chi connectivity index (χ2v) is 8.24. The highest BCUT2D eigenvalue weighted by molar-refractivity contribution is 7.15. The lowest BCUT2D eigenvalue weighted by atomic mass is 10.1. The van der Waals surface area contributed by atoms with Crippen molar-refractivity contribution >= 4 is 22.2 Å². The van der Waals surface area contributed by atoms with E-state index in [1.807, 2.05) is 12.1 Å². The van der Waals surface area contributed by atoms with Gasteiger partial charge in [-0.2, -0.15) is 0 Å². The molecule has 132 valence electrons. The summed E-state index contributed by atoms with van der Waals surface area (Å²) >= 11 is 1.78. The summed E-state index contributed by atoms with van der Waals surface area (Å²) in [5, 5.41) is 11.1. The molecule has 25 heavy (non-hydrogen) atoms. The molecule has 5 rings (SSSR count). The Hall–Kier alpha value is -1.73. The maximum absolute atomic E-state index is 13.1. The van der Waals surface area contributed by atoms with E-state index in [0.717, 1.165) is 50.1 Å². The van der Waals surface area contributed by atoms with Crippen molar-refractivity contribution in [3.63, 3.8) is 0 Å². The molecule has 0 spiro atoms. The van der Waals surface area contributed by atoms with E-state index in [1.165, 1.54) is 17.8 Å². The summed E-state index contributed by atoms with van der Waals surface area (Å²) in [4.78, 5) is 7.29. The van der Waals surface area contributed by atoms with E-state index in [-0.39, 0.29) is 5.82 Å². The van der Waals surface area contributed by atoms with Gasteiger partial charge in [0.05, 0.1) is 0 Å². The Morgan fingerprint density at radius 1 is 0.920 bits per heavy atom. The van der Waals surface area contributed by atoms with Gasteiger partial charge in [0.2, 0.25) is 5.13 Å². The Labute approximate surface area is 151 Å². The summed E-state index contributed by atoms with van der Waals surface area (Å²) < 4.78 is 13.1. The lowest BCUT2D eigenvalue weighted by molar-refractivity contribution is 0.157. The Bertz CT molecular complexity index is 730. The second kappa shape index (κ2) is 6.21. The molecule has 5 nitrogen and oxygen atoms in total. The molecule has 0 radical (unpaired) electrons. The highest BCUT2D eigenvalue weighted by Crippen LogP contribution is 2.43. The van der Waals surface area contributed by atoms with Gasteiger partial charge < -0.3 is 9.80 Å². The van der Waals surface area contributed by atoms with Crippen LogP contribution in [0.25, 0.3) is 0 Å². The van der Waals surface area contributed by atoms with Crippen LogP contribution >= 0.6 is 11.3 Å². The van der Waals surface area contributed by atoms with Gasteiger partial charge in [0, 0.05) is 56.9 Å². The highest BCUT2D eigenvalue weighted by Gasteiger charge is 2.36. The summed E-state index contributed by atoms with van der Waals surface area (Å²) in [6, 6.07) is 7.47. The van der Waals surface area contributed by atoms with Gasteiger partial charge in [-0.05, 0) is 37.1 Å². The maximum Gasteiger partial charge on any atom is 0.208 e. The van der Waals surface area contributed by atoms with Crippen molar-refractivity contribution in [2.24, 2.45) is 0 Å². The molecular weight excluding hydrogens is 337 g/mol. The predicted molar refractivity (Wildman–Crippen MR) is 98.1 cm³/mol. The van der Waals surface area contributed by atoms with E-state index >= 15 is 0 Å². The van der Waals surface area contributed by atoms with Gasteiger partial charge in [0.1, 0.15) is 10.8 Å². The van der Waals surface area contributed by atoms with Gasteiger partial charge >= 0.3 is 0 Å². The number of rotatable bonds is 4. The quantitative estimate of drug-likeness (QED) is 0.838. The number of hydrogen-bond donors (Lipinski definition) is 0. The third-order valence-corrected chi connectivity index (χ3v) is 6.66. The van der Waals surface area contributed by atoms with Gasteiger partial charge in [0.15, 0.2) is 0 Å². The van der Waals surface area contributed by atoms with Crippen molar-refractivity contribution in [1.82, 2.24) is 15.1 Å². The van der Waals surface area contributed by atoms with Gasteiger partial charge in [0.25, 0.3) is 0 Å². The van der Waals surface area contributed by atoms with E-state index in [0.29, 0.717) is 12.0 Å². The van der Waals surface area contributed by atoms with Crippen LogP contribution in [0.15, 0.2) is 24.3 Å². The molecule has 1 aromatic carbocycles. The fourth-order valence-corrected chi connectivity index (χ4v) is 4.72. The lowest BCUT2D eigenvalue weighted by Crippen LogP contribution is -2.63. The zero-order chi connectivity index (χ0) is 16.8. The normalized spacial score (nSPS) is 22.3. The number of halogens is 1. The monoisotopic (exact) mass is 359 g/mol. The molecule has 1 aromatic heterocycles. The minimum atomic E-state index is -0.168. The molecule has 0 amide bonds. The molecule has 3 heterocycles. The number of piperazine rings is 1. The third-order valence-electron chi connectivity index (χ3n) is 5.51. The largest absolute Gasteiger partial charge is 0.369 e. The zero-order valence-electron chi connectivity index (χ0n) is 14.1. The standard InChI is InChI=1S/C18H22FN5S/c19-14-3-5-15(6-4-14)22-7-9-23(10-8-22)16-11-24(12-16)18-21-20-17(25-18)13-1-2-13/h3-6,13,16H,1-2,7-12H2. The molecule has 3 fully saturated rings. The van der Waals surface area contributed by atoms with Crippen LogP contribution in [0.2, 0.25) is 0 Å². The van der Waals surface area contributed by atoms with Gasteiger partial charge in [-0.1, -0.05) is 11.3 Å². The van der Waals surface area contributed by atoms with Crippen molar-refractivity contribution in [2.75, 3.05) is 49.1 Å². The van der Waals surface area contributed by atoms with Crippen LogP contribution in [-0.4, -0.2) is 60.4 Å². The van der Waals surface area contributed by atoms with Crippen LogP contribution in [0.1, 0.15) is 23.8 Å².